The average molecular weight is 386 g/mol. The third kappa shape index (κ3) is 2.20. The Morgan fingerprint density at radius 1 is 1.06 bits per heavy atom. The first-order valence-electron chi connectivity index (χ1n) is 5.24. The van der Waals surface area contributed by atoms with E-state index in [1.165, 1.54) is 0 Å². The van der Waals surface area contributed by atoms with Crippen molar-refractivity contribution in [1.29, 1.82) is 0 Å². The molecule has 0 unspecified atom stereocenters. The number of aromatic amines is 1. The second kappa shape index (κ2) is 4.68. The molecule has 0 amide bonds. The van der Waals surface area contributed by atoms with Gasteiger partial charge in [0, 0.05) is 19.5 Å². The maximum atomic E-state index is 6.02. The molecule has 1 N–H and O–H groups in total. The van der Waals surface area contributed by atoms with Crippen LogP contribution in [0.1, 0.15) is 0 Å². The summed E-state index contributed by atoms with van der Waals surface area (Å²) in [7, 11) is 0. The Morgan fingerprint density at radius 2 is 1.78 bits per heavy atom. The third-order valence-electron chi connectivity index (χ3n) is 2.62. The average Bonchev–Trinajstić information content (AvgIpc) is 2.74. The Labute approximate surface area is 126 Å². The van der Waals surface area contributed by atoms with E-state index < -0.39 is 0 Å². The number of nitrogens with zero attached hydrogens (tertiary/aromatic N) is 1. The number of nitrogens with one attached hydrogen (secondary N) is 1. The normalized spacial score (nSPS) is 11.1. The summed E-state index contributed by atoms with van der Waals surface area (Å²) in [6, 6.07) is 11.7. The Balaban J connectivity index is 2.19. The first-order chi connectivity index (χ1) is 8.63. The van der Waals surface area contributed by atoms with Crippen molar-refractivity contribution in [3.05, 3.63) is 50.4 Å². The first kappa shape index (κ1) is 12.2. The van der Waals surface area contributed by atoms with E-state index >= 15 is 0 Å². The van der Waals surface area contributed by atoms with Crippen molar-refractivity contribution in [2.75, 3.05) is 0 Å². The van der Waals surface area contributed by atoms with Crippen LogP contribution in [0, 0.1) is 0 Å². The fraction of sp³-hybridized carbons (Fsp3) is 0. The summed E-state index contributed by atoms with van der Waals surface area (Å²) >= 11 is 12.9. The van der Waals surface area contributed by atoms with Gasteiger partial charge in [-0.2, -0.15) is 0 Å². The Hall–Kier alpha value is -0.840. The van der Waals surface area contributed by atoms with Gasteiger partial charge in [-0.15, -0.1) is 0 Å². The van der Waals surface area contributed by atoms with Gasteiger partial charge in [-0.25, -0.2) is 4.98 Å². The lowest BCUT2D eigenvalue weighted by Gasteiger charge is -1.95. The number of imidazole rings is 1. The first-order valence-corrected chi connectivity index (χ1v) is 7.20. The molecule has 0 aliphatic heterocycles. The van der Waals surface area contributed by atoms with Crippen LogP contribution in [0.3, 0.4) is 0 Å². The molecule has 0 saturated carbocycles. The molecule has 0 fully saturated rings. The highest BCUT2D eigenvalue weighted by Gasteiger charge is 2.08. The molecule has 3 rings (SSSR count). The molecular weight excluding hydrogens is 379 g/mol. The van der Waals surface area contributed by atoms with Crippen LogP contribution in [0.4, 0.5) is 0 Å². The summed E-state index contributed by atoms with van der Waals surface area (Å²) in [5, 5.41) is 0.681. The van der Waals surface area contributed by atoms with E-state index in [0.717, 1.165) is 31.4 Å². The number of fused-ring (bicyclic) bond motifs is 1. The lowest BCUT2D eigenvalue weighted by molar-refractivity contribution is 1.33. The van der Waals surface area contributed by atoms with Gasteiger partial charge in [-0.05, 0) is 40.2 Å². The fourth-order valence-corrected chi connectivity index (χ4v) is 2.95. The Bertz CT molecular complexity index is 720. The zero-order valence-corrected chi connectivity index (χ0v) is 13.0. The quantitative estimate of drug-likeness (QED) is 0.595. The molecular formula is C13H7Br2ClN2. The maximum absolute atomic E-state index is 6.02. The number of halogens is 3. The summed E-state index contributed by atoms with van der Waals surface area (Å²) in [5.74, 6) is 0.834. The SMILES string of the molecule is Clc1cc(Br)c2nc(-c3ccc(Br)cc3)[nH]c2c1. The molecule has 0 saturated heterocycles. The summed E-state index contributed by atoms with van der Waals surface area (Å²) in [4.78, 5) is 7.85. The van der Waals surface area contributed by atoms with Crippen molar-refractivity contribution in [2.45, 2.75) is 0 Å². The molecule has 18 heavy (non-hydrogen) atoms. The van der Waals surface area contributed by atoms with Crippen molar-refractivity contribution in [3.63, 3.8) is 0 Å². The molecule has 90 valence electrons. The second-order valence-corrected chi connectivity index (χ2v) is 6.08. The van der Waals surface area contributed by atoms with Crippen molar-refractivity contribution >= 4 is 54.5 Å². The third-order valence-corrected chi connectivity index (χ3v) is 3.97. The zero-order valence-electron chi connectivity index (χ0n) is 9.05. The number of H-pyrrole nitrogens is 1. The minimum atomic E-state index is 0.681. The maximum Gasteiger partial charge on any atom is 0.138 e. The predicted molar refractivity (Wildman–Crippen MR) is 81.9 cm³/mol. The van der Waals surface area contributed by atoms with E-state index in [4.69, 9.17) is 11.6 Å². The molecule has 2 aromatic carbocycles. The van der Waals surface area contributed by atoms with Gasteiger partial charge < -0.3 is 4.98 Å². The van der Waals surface area contributed by atoms with Crippen LogP contribution in [-0.4, -0.2) is 9.97 Å². The van der Waals surface area contributed by atoms with Crippen molar-refractivity contribution in [1.82, 2.24) is 9.97 Å². The molecule has 0 aliphatic rings. The predicted octanol–water partition coefficient (Wildman–Crippen LogP) is 5.41. The van der Waals surface area contributed by atoms with Gasteiger partial charge in [0.15, 0.2) is 0 Å². The number of hydrogen-bond donors (Lipinski definition) is 1. The van der Waals surface area contributed by atoms with Crippen molar-refractivity contribution in [3.8, 4) is 11.4 Å². The highest BCUT2D eigenvalue weighted by atomic mass is 79.9. The zero-order chi connectivity index (χ0) is 12.7. The van der Waals surface area contributed by atoms with Crippen molar-refractivity contribution < 1.29 is 0 Å². The van der Waals surface area contributed by atoms with E-state index in [9.17, 15) is 0 Å². The molecule has 0 aliphatic carbocycles. The molecule has 0 atom stereocenters. The van der Waals surface area contributed by atoms with Gasteiger partial charge in [-0.1, -0.05) is 39.7 Å². The largest absolute Gasteiger partial charge is 0.338 e. The highest BCUT2D eigenvalue weighted by molar-refractivity contribution is 9.11. The van der Waals surface area contributed by atoms with Gasteiger partial charge in [0.2, 0.25) is 0 Å². The lowest BCUT2D eigenvalue weighted by atomic mass is 10.2. The van der Waals surface area contributed by atoms with Gasteiger partial charge in [0.1, 0.15) is 11.3 Å². The fourth-order valence-electron chi connectivity index (χ4n) is 1.79. The van der Waals surface area contributed by atoms with Gasteiger partial charge in [0.05, 0.1) is 5.52 Å². The number of benzene rings is 2. The van der Waals surface area contributed by atoms with E-state index in [-0.39, 0.29) is 0 Å². The van der Waals surface area contributed by atoms with Crippen LogP contribution in [0.2, 0.25) is 5.02 Å². The number of rotatable bonds is 1. The van der Waals surface area contributed by atoms with Crippen LogP contribution < -0.4 is 0 Å². The molecule has 0 spiro atoms. The van der Waals surface area contributed by atoms with Crippen LogP contribution in [0.15, 0.2) is 45.3 Å². The molecule has 1 aromatic heterocycles. The van der Waals surface area contributed by atoms with Crippen molar-refractivity contribution in [2.24, 2.45) is 0 Å². The summed E-state index contributed by atoms with van der Waals surface area (Å²) in [6.07, 6.45) is 0. The number of aromatic nitrogens is 2. The van der Waals surface area contributed by atoms with E-state index in [1.807, 2.05) is 36.4 Å². The molecule has 5 heteroatoms. The van der Waals surface area contributed by atoms with Crippen LogP contribution >= 0.6 is 43.5 Å². The molecule has 1 heterocycles. The minimum Gasteiger partial charge on any atom is -0.338 e. The molecule has 0 bridgehead atoms. The van der Waals surface area contributed by atoms with E-state index in [1.54, 1.807) is 0 Å². The summed E-state index contributed by atoms with van der Waals surface area (Å²) < 4.78 is 1.94. The molecule has 3 aromatic rings. The monoisotopic (exact) mass is 384 g/mol. The van der Waals surface area contributed by atoms with Crippen LogP contribution in [-0.2, 0) is 0 Å². The number of hydrogen-bond acceptors (Lipinski definition) is 1. The van der Waals surface area contributed by atoms with E-state index in [2.05, 4.69) is 41.8 Å². The standard InChI is InChI=1S/C13H7Br2ClN2/c14-8-3-1-7(2-4-8)13-17-11-6-9(16)5-10(15)12(11)18-13/h1-6H,(H,17,18). The lowest BCUT2D eigenvalue weighted by Crippen LogP contribution is -1.79. The summed E-state index contributed by atoms with van der Waals surface area (Å²) in [5.41, 5.74) is 2.85. The van der Waals surface area contributed by atoms with E-state index in [0.29, 0.717) is 5.02 Å². The molecule has 0 radical (unpaired) electrons. The van der Waals surface area contributed by atoms with Crippen LogP contribution in [0.25, 0.3) is 22.4 Å². The minimum absolute atomic E-state index is 0.681. The molecule has 2 nitrogen and oxygen atoms in total. The Morgan fingerprint density at radius 3 is 2.50 bits per heavy atom. The topological polar surface area (TPSA) is 28.7 Å². The van der Waals surface area contributed by atoms with Gasteiger partial charge in [0.25, 0.3) is 0 Å². The Kier molecular flexibility index (Phi) is 3.18. The van der Waals surface area contributed by atoms with Crippen LogP contribution in [0.5, 0.6) is 0 Å². The second-order valence-electron chi connectivity index (χ2n) is 3.88. The van der Waals surface area contributed by atoms with Gasteiger partial charge in [-0.3, -0.25) is 0 Å². The highest BCUT2D eigenvalue weighted by Crippen LogP contribution is 2.29. The smallest absolute Gasteiger partial charge is 0.138 e. The summed E-state index contributed by atoms with van der Waals surface area (Å²) in [6.45, 7) is 0. The van der Waals surface area contributed by atoms with Gasteiger partial charge >= 0.3 is 0 Å².